The minimum atomic E-state index is -0.590. The van der Waals surface area contributed by atoms with Gasteiger partial charge in [-0.15, -0.1) is 0 Å². The molecule has 7 heteroatoms. The highest BCUT2D eigenvalue weighted by Crippen LogP contribution is 2.20. The monoisotopic (exact) mass is 266 g/mol. The average Bonchev–Trinajstić information content (AvgIpc) is 2.36. The lowest BCUT2D eigenvalue weighted by Gasteiger charge is -2.15. The Hall–Kier alpha value is -2.18. The zero-order valence-electron chi connectivity index (χ0n) is 11.2. The zero-order chi connectivity index (χ0) is 14.4. The molecule has 1 aromatic rings. The number of nitrogens with one attached hydrogen (secondary N) is 2. The molecule has 2 N–H and O–H groups in total. The van der Waals surface area contributed by atoms with Gasteiger partial charge < -0.3 is 10.6 Å². The van der Waals surface area contributed by atoms with E-state index in [0.717, 1.165) is 0 Å². The lowest BCUT2D eigenvalue weighted by Crippen LogP contribution is -2.39. The second-order valence-electron chi connectivity index (χ2n) is 4.63. The molecule has 0 bridgehead atoms. The number of pyridine rings is 1. The van der Waals surface area contributed by atoms with Crippen LogP contribution < -0.4 is 10.6 Å². The van der Waals surface area contributed by atoms with Gasteiger partial charge in [0.05, 0.1) is 4.92 Å². The number of hydrogen-bond acceptors (Lipinski definition) is 5. The van der Waals surface area contributed by atoms with Crippen LogP contribution >= 0.6 is 0 Å². The van der Waals surface area contributed by atoms with Crippen LogP contribution in [0.1, 0.15) is 20.8 Å². The van der Waals surface area contributed by atoms with Crippen molar-refractivity contribution >= 4 is 17.4 Å². The average molecular weight is 266 g/mol. The predicted molar refractivity (Wildman–Crippen MR) is 71.8 cm³/mol. The van der Waals surface area contributed by atoms with E-state index in [1.165, 1.54) is 18.3 Å². The number of aromatic nitrogens is 1. The summed E-state index contributed by atoms with van der Waals surface area (Å²) in [6.07, 6.45) is 1.44. The third kappa shape index (κ3) is 4.53. The summed E-state index contributed by atoms with van der Waals surface area (Å²) in [5.74, 6) is 0.230. The minimum absolute atomic E-state index is 0.0969. The summed E-state index contributed by atoms with van der Waals surface area (Å²) in [6, 6.07) is 2.23. The highest BCUT2D eigenvalue weighted by atomic mass is 16.6. The summed E-state index contributed by atoms with van der Waals surface area (Å²) in [5.41, 5.74) is -0.147. The van der Waals surface area contributed by atoms with Gasteiger partial charge in [0.25, 0.3) is 0 Å². The molecule has 0 saturated carbocycles. The molecule has 7 nitrogen and oxygen atoms in total. The molecular weight excluding hydrogens is 248 g/mol. The van der Waals surface area contributed by atoms with Gasteiger partial charge in [-0.05, 0) is 18.9 Å². The lowest BCUT2D eigenvalue weighted by molar-refractivity contribution is -0.384. The lowest BCUT2D eigenvalue weighted by atomic mass is 10.2. The summed E-state index contributed by atoms with van der Waals surface area (Å²) < 4.78 is 0. The SMILES string of the molecule is CC(C)CNC(=O)C(C)Nc1ncccc1[N+](=O)[O-]. The Morgan fingerprint density at radius 3 is 2.74 bits per heavy atom. The van der Waals surface area contributed by atoms with Crippen LogP contribution in [0.4, 0.5) is 11.5 Å². The summed E-state index contributed by atoms with van der Waals surface area (Å²) in [4.78, 5) is 25.9. The summed E-state index contributed by atoms with van der Waals surface area (Å²) in [7, 11) is 0. The molecule has 0 fully saturated rings. The first kappa shape index (κ1) is 14.9. The fourth-order valence-electron chi connectivity index (χ4n) is 1.38. The largest absolute Gasteiger partial charge is 0.354 e. The molecule has 104 valence electrons. The zero-order valence-corrected chi connectivity index (χ0v) is 11.2. The molecule has 1 unspecified atom stereocenters. The molecule has 1 rings (SSSR count). The third-order valence-electron chi connectivity index (χ3n) is 2.41. The van der Waals surface area contributed by atoms with Crippen LogP contribution in [-0.2, 0) is 4.79 Å². The molecule has 19 heavy (non-hydrogen) atoms. The molecule has 0 aliphatic rings. The Kier molecular flexibility index (Phi) is 5.23. The number of nitro groups is 1. The molecule has 0 aliphatic heterocycles. The minimum Gasteiger partial charge on any atom is -0.354 e. The maximum atomic E-state index is 11.8. The molecule has 1 heterocycles. The van der Waals surface area contributed by atoms with Crippen molar-refractivity contribution in [2.24, 2.45) is 5.92 Å². The second-order valence-corrected chi connectivity index (χ2v) is 4.63. The summed E-state index contributed by atoms with van der Waals surface area (Å²) in [5, 5.41) is 16.3. The van der Waals surface area contributed by atoms with E-state index in [0.29, 0.717) is 12.5 Å². The van der Waals surface area contributed by atoms with E-state index in [-0.39, 0.29) is 17.4 Å². The van der Waals surface area contributed by atoms with E-state index >= 15 is 0 Å². The smallest absolute Gasteiger partial charge is 0.311 e. The first-order valence-corrected chi connectivity index (χ1v) is 6.05. The fourth-order valence-corrected chi connectivity index (χ4v) is 1.38. The highest BCUT2D eigenvalue weighted by molar-refractivity contribution is 5.84. The van der Waals surface area contributed by atoms with Crippen molar-refractivity contribution in [3.8, 4) is 0 Å². The van der Waals surface area contributed by atoms with E-state index < -0.39 is 11.0 Å². The van der Waals surface area contributed by atoms with Crippen LogP contribution in [0.3, 0.4) is 0 Å². The number of anilines is 1. The Balaban J connectivity index is 2.69. The van der Waals surface area contributed by atoms with Crippen LogP contribution in [0.5, 0.6) is 0 Å². The predicted octanol–water partition coefficient (Wildman–Crippen LogP) is 1.56. The van der Waals surface area contributed by atoms with E-state index in [1.807, 2.05) is 13.8 Å². The molecule has 1 amide bonds. The van der Waals surface area contributed by atoms with Crippen LogP contribution in [-0.4, -0.2) is 28.4 Å². The van der Waals surface area contributed by atoms with Gasteiger partial charge in [-0.2, -0.15) is 0 Å². The molecule has 0 aromatic carbocycles. The topological polar surface area (TPSA) is 97.2 Å². The normalized spacial score (nSPS) is 12.0. The highest BCUT2D eigenvalue weighted by Gasteiger charge is 2.19. The Bertz CT molecular complexity index is 462. The molecule has 1 aromatic heterocycles. The van der Waals surface area contributed by atoms with Crippen molar-refractivity contribution in [2.75, 3.05) is 11.9 Å². The van der Waals surface area contributed by atoms with Crippen molar-refractivity contribution in [1.29, 1.82) is 0 Å². The second kappa shape index (κ2) is 6.67. The molecule has 0 radical (unpaired) electrons. The number of rotatable bonds is 6. The van der Waals surface area contributed by atoms with Crippen LogP contribution in [0.15, 0.2) is 18.3 Å². The van der Waals surface area contributed by atoms with E-state index in [2.05, 4.69) is 15.6 Å². The molecule has 0 aliphatic carbocycles. The Labute approximate surface area is 111 Å². The number of nitrogens with zero attached hydrogens (tertiary/aromatic N) is 2. The standard InChI is InChI=1S/C12H18N4O3/c1-8(2)7-14-12(17)9(3)15-11-10(16(18)19)5-4-6-13-11/h4-6,8-9H,7H2,1-3H3,(H,13,15)(H,14,17). The van der Waals surface area contributed by atoms with Gasteiger partial charge >= 0.3 is 5.69 Å². The van der Waals surface area contributed by atoms with Crippen molar-refractivity contribution < 1.29 is 9.72 Å². The van der Waals surface area contributed by atoms with Crippen molar-refractivity contribution in [2.45, 2.75) is 26.8 Å². The Morgan fingerprint density at radius 1 is 1.47 bits per heavy atom. The van der Waals surface area contributed by atoms with E-state index in [9.17, 15) is 14.9 Å². The number of carbonyl (C=O) groups is 1. The van der Waals surface area contributed by atoms with Gasteiger partial charge in [-0.3, -0.25) is 14.9 Å². The number of carbonyl (C=O) groups excluding carboxylic acids is 1. The van der Waals surface area contributed by atoms with Gasteiger partial charge in [0.2, 0.25) is 11.7 Å². The maximum Gasteiger partial charge on any atom is 0.311 e. The fraction of sp³-hybridized carbons (Fsp3) is 0.500. The van der Waals surface area contributed by atoms with Gasteiger partial charge in [0.15, 0.2) is 0 Å². The van der Waals surface area contributed by atoms with Crippen LogP contribution in [0.25, 0.3) is 0 Å². The molecule has 1 atom stereocenters. The van der Waals surface area contributed by atoms with Crippen molar-refractivity contribution in [1.82, 2.24) is 10.3 Å². The van der Waals surface area contributed by atoms with Gasteiger partial charge in [0, 0.05) is 18.8 Å². The van der Waals surface area contributed by atoms with Crippen LogP contribution in [0.2, 0.25) is 0 Å². The number of hydrogen-bond donors (Lipinski definition) is 2. The van der Waals surface area contributed by atoms with Gasteiger partial charge in [-0.25, -0.2) is 4.98 Å². The maximum absolute atomic E-state index is 11.8. The third-order valence-corrected chi connectivity index (χ3v) is 2.41. The quantitative estimate of drug-likeness (QED) is 0.601. The summed E-state index contributed by atoms with van der Waals surface area (Å²) in [6.45, 7) is 6.17. The van der Waals surface area contributed by atoms with Gasteiger partial charge in [0.1, 0.15) is 6.04 Å². The van der Waals surface area contributed by atoms with E-state index in [1.54, 1.807) is 6.92 Å². The van der Waals surface area contributed by atoms with E-state index in [4.69, 9.17) is 0 Å². The molecular formula is C12H18N4O3. The Morgan fingerprint density at radius 2 is 2.16 bits per heavy atom. The molecule has 0 spiro atoms. The number of amides is 1. The first-order valence-electron chi connectivity index (χ1n) is 6.05. The van der Waals surface area contributed by atoms with Gasteiger partial charge in [-0.1, -0.05) is 13.8 Å². The first-order chi connectivity index (χ1) is 8.91. The van der Waals surface area contributed by atoms with Crippen molar-refractivity contribution in [3.63, 3.8) is 0 Å². The van der Waals surface area contributed by atoms with Crippen molar-refractivity contribution in [3.05, 3.63) is 28.4 Å². The molecule has 0 saturated heterocycles. The van der Waals surface area contributed by atoms with Crippen LogP contribution in [0, 0.1) is 16.0 Å². The summed E-state index contributed by atoms with van der Waals surface area (Å²) >= 11 is 0.